The summed E-state index contributed by atoms with van der Waals surface area (Å²) in [6, 6.07) is 13.2. The third-order valence-corrected chi connectivity index (χ3v) is 3.15. The van der Waals surface area contributed by atoms with Gasteiger partial charge in [0.15, 0.2) is 0 Å². The highest BCUT2D eigenvalue weighted by Gasteiger charge is 2.11. The second-order valence-electron chi connectivity index (χ2n) is 4.50. The largest absolute Gasteiger partial charge is 0.309 e. The van der Waals surface area contributed by atoms with E-state index in [9.17, 15) is 0 Å². The van der Waals surface area contributed by atoms with Crippen LogP contribution in [0.25, 0.3) is 0 Å². The molecule has 1 N–H and O–H groups in total. The Morgan fingerprint density at radius 3 is 2.56 bits per heavy atom. The molecule has 0 aliphatic carbocycles. The van der Waals surface area contributed by atoms with Crippen molar-refractivity contribution in [1.82, 2.24) is 10.3 Å². The number of nitrogens with one attached hydrogen (secondary N) is 1. The summed E-state index contributed by atoms with van der Waals surface area (Å²) in [5, 5.41) is 3.38. The Balaban J connectivity index is 2.30. The Hall–Kier alpha value is -1.67. The summed E-state index contributed by atoms with van der Waals surface area (Å²) >= 11 is 0. The molecule has 0 bridgehead atoms. The first-order valence-electron chi connectivity index (χ1n) is 6.51. The highest BCUT2D eigenvalue weighted by Crippen LogP contribution is 2.22. The summed E-state index contributed by atoms with van der Waals surface area (Å²) in [4.78, 5) is 4.07. The molecule has 18 heavy (non-hydrogen) atoms. The zero-order valence-corrected chi connectivity index (χ0v) is 11.1. The molecule has 2 nitrogen and oxygen atoms in total. The summed E-state index contributed by atoms with van der Waals surface area (Å²) in [5.41, 5.74) is 3.97. The van der Waals surface area contributed by atoms with Crippen molar-refractivity contribution >= 4 is 0 Å². The molecule has 0 amide bonds. The van der Waals surface area contributed by atoms with Gasteiger partial charge in [-0.1, -0.05) is 37.6 Å². The monoisotopic (exact) mass is 240 g/mol. The van der Waals surface area contributed by atoms with Gasteiger partial charge in [-0.05, 0) is 42.3 Å². The summed E-state index contributed by atoms with van der Waals surface area (Å²) < 4.78 is 0. The smallest absolute Gasteiger partial charge is 0.0575 e. The van der Waals surface area contributed by atoms with E-state index in [0.717, 1.165) is 6.42 Å². The molecule has 1 aromatic carbocycles. The fourth-order valence-electron chi connectivity index (χ4n) is 2.30. The normalized spacial score (nSPS) is 12.3. The van der Waals surface area contributed by atoms with Crippen LogP contribution >= 0.6 is 0 Å². The van der Waals surface area contributed by atoms with Gasteiger partial charge in [0.1, 0.15) is 0 Å². The number of nitrogens with zero attached hydrogens (tertiary/aromatic N) is 1. The zero-order valence-electron chi connectivity index (χ0n) is 11.1. The summed E-state index contributed by atoms with van der Waals surface area (Å²) in [7, 11) is 2.00. The van der Waals surface area contributed by atoms with Crippen molar-refractivity contribution in [3.8, 4) is 0 Å². The average Bonchev–Trinajstić information content (AvgIpc) is 2.42. The Morgan fingerprint density at radius 1 is 1.11 bits per heavy atom. The van der Waals surface area contributed by atoms with Gasteiger partial charge in [-0.25, -0.2) is 0 Å². The number of hydrogen-bond donors (Lipinski definition) is 1. The second-order valence-corrected chi connectivity index (χ2v) is 4.50. The Labute approximate surface area is 109 Å². The van der Waals surface area contributed by atoms with E-state index in [4.69, 9.17) is 0 Å². The van der Waals surface area contributed by atoms with Crippen LogP contribution in [0.5, 0.6) is 0 Å². The van der Waals surface area contributed by atoms with E-state index in [-0.39, 0.29) is 6.04 Å². The van der Waals surface area contributed by atoms with Crippen molar-refractivity contribution in [2.45, 2.75) is 25.8 Å². The van der Waals surface area contributed by atoms with Crippen LogP contribution in [0.15, 0.2) is 48.8 Å². The molecule has 1 atom stereocenters. The molecule has 2 heteroatoms. The molecule has 1 heterocycles. The molecule has 0 saturated carbocycles. The molecule has 0 radical (unpaired) electrons. The van der Waals surface area contributed by atoms with Crippen LogP contribution in [-0.2, 0) is 6.42 Å². The van der Waals surface area contributed by atoms with Crippen LogP contribution in [0.3, 0.4) is 0 Å². The topological polar surface area (TPSA) is 24.9 Å². The maximum atomic E-state index is 4.07. The molecule has 1 unspecified atom stereocenters. The highest BCUT2D eigenvalue weighted by atomic mass is 14.9. The fourth-order valence-corrected chi connectivity index (χ4v) is 2.30. The van der Waals surface area contributed by atoms with E-state index in [1.807, 2.05) is 19.4 Å². The maximum absolute atomic E-state index is 4.07. The highest BCUT2D eigenvalue weighted by molar-refractivity contribution is 5.33. The molecule has 0 saturated heterocycles. The molecule has 0 spiro atoms. The predicted molar refractivity (Wildman–Crippen MR) is 75.6 cm³/mol. The SMILES string of the molecule is CCCc1cccc(C(NC)c2ccncc2)c1. The molecule has 0 fully saturated rings. The first-order valence-corrected chi connectivity index (χ1v) is 6.51. The number of rotatable bonds is 5. The quantitative estimate of drug-likeness (QED) is 0.867. The van der Waals surface area contributed by atoms with Gasteiger partial charge >= 0.3 is 0 Å². The van der Waals surface area contributed by atoms with Crippen molar-refractivity contribution in [2.24, 2.45) is 0 Å². The maximum Gasteiger partial charge on any atom is 0.0575 e. The Bertz CT molecular complexity index is 479. The molecule has 0 aliphatic heterocycles. The van der Waals surface area contributed by atoms with Crippen molar-refractivity contribution in [1.29, 1.82) is 0 Å². The number of aryl methyl sites for hydroxylation is 1. The minimum absolute atomic E-state index is 0.241. The fraction of sp³-hybridized carbons (Fsp3) is 0.312. The Morgan fingerprint density at radius 2 is 1.89 bits per heavy atom. The van der Waals surface area contributed by atoms with Crippen LogP contribution < -0.4 is 5.32 Å². The van der Waals surface area contributed by atoms with Crippen molar-refractivity contribution in [3.05, 3.63) is 65.5 Å². The van der Waals surface area contributed by atoms with Gasteiger partial charge in [0.25, 0.3) is 0 Å². The van der Waals surface area contributed by atoms with Crippen LogP contribution in [-0.4, -0.2) is 12.0 Å². The van der Waals surface area contributed by atoms with Crippen molar-refractivity contribution in [3.63, 3.8) is 0 Å². The molecule has 1 aromatic heterocycles. The minimum atomic E-state index is 0.241. The van der Waals surface area contributed by atoms with Gasteiger partial charge in [-0.3, -0.25) is 4.98 Å². The van der Waals surface area contributed by atoms with E-state index >= 15 is 0 Å². The lowest BCUT2D eigenvalue weighted by Gasteiger charge is -2.17. The number of hydrogen-bond acceptors (Lipinski definition) is 2. The third kappa shape index (κ3) is 2.96. The summed E-state index contributed by atoms with van der Waals surface area (Å²) in [6.45, 7) is 2.21. The third-order valence-electron chi connectivity index (χ3n) is 3.15. The van der Waals surface area contributed by atoms with Gasteiger partial charge < -0.3 is 5.32 Å². The first-order chi connectivity index (χ1) is 8.85. The predicted octanol–water partition coefficient (Wildman–Crippen LogP) is 3.34. The number of aromatic nitrogens is 1. The average molecular weight is 240 g/mol. The van der Waals surface area contributed by atoms with Crippen molar-refractivity contribution < 1.29 is 0 Å². The molecule has 2 rings (SSSR count). The standard InChI is InChI=1S/C16H20N2/c1-3-5-13-6-4-7-15(12-13)16(17-2)14-8-10-18-11-9-14/h4,6-12,16-17H,3,5H2,1-2H3. The second kappa shape index (κ2) is 6.31. The molecular formula is C16H20N2. The van der Waals surface area contributed by atoms with Crippen LogP contribution in [0.4, 0.5) is 0 Å². The van der Waals surface area contributed by atoms with E-state index in [1.165, 1.54) is 23.1 Å². The summed E-state index contributed by atoms with van der Waals surface area (Å²) in [5.74, 6) is 0. The first kappa shape index (κ1) is 12.8. The molecule has 2 aromatic rings. The van der Waals surface area contributed by atoms with Gasteiger partial charge in [0.05, 0.1) is 6.04 Å². The van der Waals surface area contributed by atoms with Crippen molar-refractivity contribution in [2.75, 3.05) is 7.05 Å². The van der Waals surface area contributed by atoms with Gasteiger partial charge in [-0.15, -0.1) is 0 Å². The van der Waals surface area contributed by atoms with Gasteiger partial charge in [0, 0.05) is 12.4 Å². The van der Waals surface area contributed by atoms with Crippen LogP contribution in [0.2, 0.25) is 0 Å². The lowest BCUT2D eigenvalue weighted by atomic mass is 9.97. The van der Waals surface area contributed by atoms with E-state index < -0.39 is 0 Å². The number of benzene rings is 1. The molecule has 94 valence electrons. The van der Waals surface area contributed by atoms with Gasteiger partial charge in [0.2, 0.25) is 0 Å². The van der Waals surface area contributed by atoms with E-state index in [2.05, 4.69) is 53.6 Å². The minimum Gasteiger partial charge on any atom is -0.309 e. The van der Waals surface area contributed by atoms with Gasteiger partial charge in [-0.2, -0.15) is 0 Å². The zero-order chi connectivity index (χ0) is 12.8. The molecule has 0 aliphatic rings. The van der Waals surface area contributed by atoms with E-state index in [0.29, 0.717) is 0 Å². The summed E-state index contributed by atoms with van der Waals surface area (Å²) in [6.07, 6.45) is 6.01. The lowest BCUT2D eigenvalue weighted by Crippen LogP contribution is -2.17. The molecular weight excluding hydrogens is 220 g/mol. The number of pyridine rings is 1. The van der Waals surface area contributed by atoms with Crippen LogP contribution in [0.1, 0.15) is 36.1 Å². The lowest BCUT2D eigenvalue weighted by molar-refractivity contribution is 0.689. The van der Waals surface area contributed by atoms with Crippen LogP contribution in [0, 0.1) is 0 Å². The van der Waals surface area contributed by atoms with E-state index in [1.54, 1.807) is 0 Å². The Kier molecular flexibility index (Phi) is 4.48.